The van der Waals surface area contributed by atoms with Gasteiger partial charge < -0.3 is 10.4 Å². The fraction of sp³-hybridized carbons (Fsp3) is 0.400. The molecule has 0 aliphatic carbocycles. The van der Waals surface area contributed by atoms with Crippen LogP contribution in [0.3, 0.4) is 0 Å². The lowest BCUT2D eigenvalue weighted by molar-refractivity contribution is 0.341. The summed E-state index contributed by atoms with van der Waals surface area (Å²) in [5.74, 6) is 0.473. The molecule has 1 aromatic carbocycles. The summed E-state index contributed by atoms with van der Waals surface area (Å²) in [7, 11) is 0. The molecule has 0 bridgehead atoms. The Labute approximate surface area is 76.4 Å². The highest BCUT2D eigenvalue weighted by molar-refractivity contribution is 5.33. The van der Waals surface area contributed by atoms with Crippen molar-refractivity contribution in [2.24, 2.45) is 5.92 Å². The molecule has 0 unspecified atom stereocenters. The summed E-state index contributed by atoms with van der Waals surface area (Å²) in [5.41, 5.74) is 0.714. The zero-order chi connectivity index (χ0) is 9.26. The van der Waals surface area contributed by atoms with Crippen LogP contribution in [0.5, 0.6) is 5.75 Å². The zero-order valence-corrected chi connectivity index (χ0v) is 7.26. The SMILES string of the molecule is Oc1ccc(F)cc1CC1CNC1. The minimum Gasteiger partial charge on any atom is -0.508 e. The molecule has 1 aromatic rings. The molecular weight excluding hydrogens is 169 g/mol. The third-order valence-corrected chi connectivity index (χ3v) is 2.42. The third-order valence-electron chi connectivity index (χ3n) is 2.42. The molecule has 0 atom stereocenters. The molecule has 1 aliphatic heterocycles. The number of hydrogen-bond donors (Lipinski definition) is 2. The Kier molecular flexibility index (Phi) is 2.19. The molecular formula is C10H12FNO. The Balaban J connectivity index is 2.13. The quantitative estimate of drug-likeness (QED) is 0.720. The second-order valence-electron chi connectivity index (χ2n) is 3.50. The number of aromatic hydroxyl groups is 1. The number of halogens is 1. The van der Waals surface area contributed by atoms with Gasteiger partial charge in [0.15, 0.2) is 0 Å². The zero-order valence-electron chi connectivity index (χ0n) is 7.26. The first-order valence-corrected chi connectivity index (χ1v) is 4.44. The van der Waals surface area contributed by atoms with Crippen molar-refractivity contribution in [1.82, 2.24) is 5.32 Å². The van der Waals surface area contributed by atoms with Crippen LogP contribution >= 0.6 is 0 Å². The van der Waals surface area contributed by atoms with Gasteiger partial charge in [-0.25, -0.2) is 4.39 Å². The lowest BCUT2D eigenvalue weighted by Gasteiger charge is -2.27. The van der Waals surface area contributed by atoms with Crippen molar-refractivity contribution >= 4 is 0 Å². The van der Waals surface area contributed by atoms with Gasteiger partial charge in [-0.15, -0.1) is 0 Å². The maximum Gasteiger partial charge on any atom is 0.123 e. The van der Waals surface area contributed by atoms with Crippen LogP contribution in [0.4, 0.5) is 4.39 Å². The summed E-state index contributed by atoms with van der Waals surface area (Å²) in [6.07, 6.45) is 0.761. The Morgan fingerprint density at radius 1 is 1.46 bits per heavy atom. The van der Waals surface area contributed by atoms with Crippen molar-refractivity contribution < 1.29 is 9.50 Å². The number of phenols is 1. The minimum atomic E-state index is -0.278. The second kappa shape index (κ2) is 3.34. The van der Waals surface area contributed by atoms with Gasteiger partial charge in [0.2, 0.25) is 0 Å². The smallest absolute Gasteiger partial charge is 0.123 e. The van der Waals surface area contributed by atoms with Gasteiger partial charge in [-0.2, -0.15) is 0 Å². The van der Waals surface area contributed by atoms with E-state index in [1.807, 2.05) is 0 Å². The first-order valence-electron chi connectivity index (χ1n) is 4.44. The summed E-state index contributed by atoms with van der Waals surface area (Å²) in [6, 6.07) is 4.10. The standard InChI is InChI=1S/C10H12FNO/c11-9-1-2-10(13)8(4-9)3-7-5-12-6-7/h1-2,4,7,12-13H,3,5-6H2. The fourth-order valence-electron chi connectivity index (χ4n) is 1.52. The highest BCUT2D eigenvalue weighted by Crippen LogP contribution is 2.22. The molecule has 2 nitrogen and oxygen atoms in total. The fourth-order valence-corrected chi connectivity index (χ4v) is 1.52. The minimum absolute atomic E-state index is 0.202. The molecule has 1 fully saturated rings. The van der Waals surface area contributed by atoms with Gasteiger partial charge in [0, 0.05) is 0 Å². The van der Waals surface area contributed by atoms with Crippen molar-refractivity contribution in [3.05, 3.63) is 29.6 Å². The number of benzene rings is 1. The van der Waals surface area contributed by atoms with E-state index in [9.17, 15) is 9.50 Å². The molecule has 0 aromatic heterocycles. The second-order valence-corrected chi connectivity index (χ2v) is 3.50. The summed E-state index contributed by atoms with van der Waals surface area (Å²) >= 11 is 0. The monoisotopic (exact) mass is 181 g/mol. The Bertz CT molecular complexity index is 310. The van der Waals surface area contributed by atoms with Gasteiger partial charge >= 0.3 is 0 Å². The van der Waals surface area contributed by atoms with Gasteiger partial charge in [0.1, 0.15) is 11.6 Å². The van der Waals surface area contributed by atoms with Gasteiger partial charge in [-0.1, -0.05) is 0 Å². The summed E-state index contributed by atoms with van der Waals surface area (Å²) in [4.78, 5) is 0. The number of nitrogens with one attached hydrogen (secondary N) is 1. The highest BCUT2D eigenvalue weighted by atomic mass is 19.1. The Hall–Kier alpha value is -1.09. The van der Waals surface area contributed by atoms with E-state index >= 15 is 0 Å². The van der Waals surface area contributed by atoms with Crippen molar-refractivity contribution in [1.29, 1.82) is 0 Å². The Morgan fingerprint density at radius 2 is 2.23 bits per heavy atom. The van der Waals surface area contributed by atoms with Crippen molar-refractivity contribution in [3.8, 4) is 5.75 Å². The van der Waals surface area contributed by atoms with Crippen LogP contribution in [0.2, 0.25) is 0 Å². The number of rotatable bonds is 2. The largest absolute Gasteiger partial charge is 0.508 e. The topological polar surface area (TPSA) is 32.3 Å². The summed E-state index contributed by atoms with van der Waals surface area (Å²) in [6.45, 7) is 1.94. The molecule has 0 spiro atoms. The molecule has 3 heteroatoms. The molecule has 0 saturated carbocycles. The average molecular weight is 181 g/mol. The van der Waals surface area contributed by atoms with Crippen molar-refractivity contribution in [2.45, 2.75) is 6.42 Å². The van der Waals surface area contributed by atoms with E-state index in [4.69, 9.17) is 0 Å². The van der Waals surface area contributed by atoms with E-state index in [2.05, 4.69) is 5.32 Å². The average Bonchev–Trinajstić information content (AvgIpc) is 2.03. The van der Waals surface area contributed by atoms with Crippen LogP contribution in [-0.4, -0.2) is 18.2 Å². The number of phenolic OH excluding ortho intramolecular Hbond substituents is 1. The molecule has 70 valence electrons. The van der Waals surface area contributed by atoms with Gasteiger partial charge in [-0.3, -0.25) is 0 Å². The first-order chi connectivity index (χ1) is 6.25. The van der Waals surface area contributed by atoms with Crippen LogP contribution in [0.15, 0.2) is 18.2 Å². The molecule has 0 amide bonds. The van der Waals surface area contributed by atoms with Crippen LogP contribution in [0, 0.1) is 11.7 Å². The Morgan fingerprint density at radius 3 is 2.85 bits per heavy atom. The molecule has 0 radical (unpaired) electrons. The van der Waals surface area contributed by atoms with E-state index in [0.29, 0.717) is 11.5 Å². The summed E-state index contributed by atoms with van der Waals surface area (Å²) in [5, 5.41) is 12.6. The van der Waals surface area contributed by atoms with Crippen molar-refractivity contribution in [2.75, 3.05) is 13.1 Å². The van der Waals surface area contributed by atoms with Crippen LogP contribution in [0.25, 0.3) is 0 Å². The predicted octanol–water partition coefficient (Wildman–Crippen LogP) is 1.29. The molecule has 13 heavy (non-hydrogen) atoms. The first kappa shape index (κ1) is 8.51. The van der Waals surface area contributed by atoms with Crippen LogP contribution < -0.4 is 5.32 Å². The lowest BCUT2D eigenvalue weighted by Crippen LogP contribution is -2.43. The maximum absolute atomic E-state index is 12.8. The van der Waals surface area contributed by atoms with Gasteiger partial charge in [0.25, 0.3) is 0 Å². The molecule has 2 rings (SSSR count). The van der Waals surface area contributed by atoms with E-state index in [0.717, 1.165) is 19.5 Å². The van der Waals surface area contributed by atoms with Crippen LogP contribution in [0.1, 0.15) is 5.56 Å². The van der Waals surface area contributed by atoms with Gasteiger partial charge in [-0.05, 0) is 49.2 Å². The third kappa shape index (κ3) is 1.80. The predicted molar refractivity (Wildman–Crippen MR) is 48.1 cm³/mol. The van der Waals surface area contributed by atoms with E-state index in [1.54, 1.807) is 0 Å². The van der Waals surface area contributed by atoms with E-state index in [-0.39, 0.29) is 11.6 Å². The molecule has 1 aliphatic rings. The van der Waals surface area contributed by atoms with Gasteiger partial charge in [0.05, 0.1) is 0 Å². The molecule has 2 N–H and O–H groups in total. The molecule has 1 saturated heterocycles. The van der Waals surface area contributed by atoms with E-state index in [1.165, 1.54) is 18.2 Å². The van der Waals surface area contributed by atoms with Crippen molar-refractivity contribution in [3.63, 3.8) is 0 Å². The molecule has 1 heterocycles. The number of hydrogen-bond acceptors (Lipinski definition) is 2. The lowest BCUT2D eigenvalue weighted by atomic mass is 9.94. The maximum atomic E-state index is 12.8. The normalized spacial score (nSPS) is 17.0. The van der Waals surface area contributed by atoms with E-state index < -0.39 is 0 Å². The van der Waals surface area contributed by atoms with Crippen LogP contribution in [-0.2, 0) is 6.42 Å². The highest BCUT2D eigenvalue weighted by Gasteiger charge is 2.18. The summed E-state index contributed by atoms with van der Waals surface area (Å²) < 4.78 is 12.8.